The first kappa shape index (κ1) is 27.5. The van der Waals surface area contributed by atoms with Crippen LogP contribution in [0, 0.1) is 0 Å². The minimum Gasteiger partial charge on any atom is -0.368 e. The van der Waals surface area contributed by atoms with Crippen LogP contribution in [0.15, 0.2) is 60.8 Å². The summed E-state index contributed by atoms with van der Waals surface area (Å²) in [6, 6.07) is 16.9. The van der Waals surface area contributed by atoms with E-state index in [0.29, 0.717) is 18.2 Å². The van der Waals surface area contributed by atoms with E-state index in [0.717, 1.165) is 75.0 Å². The topological polar surface area (TPSA) is 132 Å². The van der Waals surface area contributed by atoms with Gasteiger partial charge in [0.15, 0.2) is 0 Å². The van der Waals surface area contributed by atoms with Gasteiger partial charge in [-0.05, 0) is 49.4 Å². The summed E-state index contributed by atoms with van der Waals surface area (Å²) < 4.78 is 0. The first-order chi connectivity index (χ1) is 19.4. The molecule has 3 aromatic rings. The quantitative estimate of drug-likeness (QED) is 0.335. The molecule has 0 radical (unpaired) electrons. The van der Waals surface area contributed by atoms with E-state index in [1.165, 1.54) is 0 Å². The molecule has 2 aromatic carbocycles. The van der Waals surface area contributed by atoms with E-state index in [-0.39, 0.29) is 11.8 Å². The van der Waals surface area contributed by atoms with E-state index < -0.39 is 6.04 Å². The Labute approximate surface area is 234 Å². The van der Waals surface area contributed by atoms with Gasteiger partial charge in [-0.1, -0.05) is 12.1 Å². The largest absolute Gasteiger partial charge is 0.368 e. The molecular weight excluding hydrogens is 506 g/mol. The summed E-state index contributed by atoms with van der Waals surface area (Å²) in [5, 5.41) is 9.39. The van der Waals surface area contributed by atoms with Crippen molar-refractivity contribution in [1.82, 2.24) is 25.1 Å². The van der Waals surface area contributed by atoms with Gasteiger partial charge in [-0.2, -0.15) is 0 Å². The third-order valence-corrected chi connectivity index (χ3v) is 7.21. The number of benzene rings is 2. The fraction of sp³-hybridized carbons (Fsp3) is 0.379. The Kier molecular flexibility index (Phi) is 8.84. The van der Waals surface area contributed by atoms with Crippen molar-refractivity contribution in [3.8, 4) is 11.3 Å². The highest BCUT2D eigenvalue weighted by Gasteiger charge is 2.23. The molecule has 11 nitrogen and oxygen atoms in total. The lowest BCUT2D eigenvalue weighted by Gasteiger charge is -2.37. The average molecular weight is 544 g/mol. The fourth-order valence-corrected chi connectivity index (χ4v) is 4.82. The van der Waals surface area contributed by atoms with Crippen LogP contribution in [0.5, 0.6) is 0 Å². The highest BCUT2D eigenvalue weighted by Crippen LogP contribution is 2.24. The molecule has 0 spiro atoms. The zero-order valence-corrected chi connectivity index (χ0v) is 22.8. The highest BCUT2D eigenvalue weighted by molar-refractivity contribution is 5.94. The number of hydrogen-bond acceptors (Lipinski definition) is 9. The third kappa shape index (κ3) is 7.12. The van der Waals surface area contributed by atoms with Crippen molar-refractivity contribution < 1.29 is 9.59 Å². The molecule has 210 valence electrons. The van der Waals surface area contributed by atoms with Gasteiger partial charge in [-0.3, -0.25) is 14.5 Å². The normalized spacial score (nSPS) is 16.9. The molecule has 40 heavy (non-hydrogen) atoms. The molecular formula is C29H37N9O2. The molecule has 5 rings (SSSR count). The van der Waals surface area contributed by atoms with Gasteiger partial charge in [0.2, 0.25) is 17.8 Å². The second-order valence-electron chi connectivity index (χ2n) is 10.2. The van der Waals surface area contributed by atoms with Gasteiger partial charge in [0, 0.05) is 81.2 Å². The number of carbonyl (C=O) groups is 2. The van der Waals surface area contributed by atoms with E-state index in [1.54, 1.807) is 13.1 Å². The predicted molar refractivity (Wildman–Crippen MR) is 158 cm³/mol. The summed E-state index contributed by atoms with van der Waals surface area (Å²) in [5.41, 5.74) is 9.99. The molecule has 2 amide bonds. The number of anilines is 4. The number of hydrogen-bond donors (Lipinski definition) is 4. The molecule has 0 unspecified atom stereocenters. The molecule has 0 saturated carbocycles. The Morgan fingerprint density at radius 1 is 0.925 bits per heavy atom. The zero-order valence-electron chi connectivity index (χ0n) is 22.8. The van der Waals surface area contributed by atoms with Crippen LogP contribution < -0.4 is 26.6 Å². The number of amides is 2. The summed E-state index contributed by atoms with van der Waals surface area (Å²) in [6.45, 7) is 9.06. The highest BCUT2D eigenvalue weighted by atomic mass is 16.2. The summed E-state index contributed by atoms with van der Waals surface area (Å²) >= 11 is 0. The molecule has 2 saturated heterocycles. The number of nitrogens with one attached hydrogen (secondary N) is 3. The maximum absolute atomic E-state index is 12.7. The van der Waals surface area contributed by atoms with Crippen LogP contribution in [-0.4, -0.2) is 96.5 Å². The van der Waals surface area contributed by atoms with Crippen LogP contribution in [0.3, 0.4) is 0 Å². The smallest absolute Gasteiger partial charge is 0.240 e. The fourth-order valence-electron chi connectivity index (χ4n) is 4.82. The van der Waals surface area contributed by atoms with E-state index in [2.05, 4.69) is 47.9 Å². The Bertz CT molecular complexity index is 1280. The lowest BCUT2D eigenvalue weighted by Crippen LogP contribution is -2.53. The van der Waals surface area contributed by atoms with Gasteiger partial charge < -0.3 is 31.5 Å². The Morgan fingerprint density at radius 2 is 1.60 bits per heavy atom. The number of carbonyl (C=O) groups excluding carboxylic acids is 2. The van der Waals surface area contributed by atoms with Crippen molar-refractivity contribution >= 4 is 34.8 Å². The van der Waals surface area contributed by atoms with Crippen LogP contribution >= 0.6 is 0 Å². The van der Waals surface area contributed by atoms with Gasteiger partial charge in [-0.25, -0.2) is 9.97 Å². The lowest BCUT2D eigenvalue weighted by molar-refractivity contribution is -0.132. The van der Waals surface area contributed by atoms with E-state index >= 15 is 0 Å². The van der Waals surface area contributed by atoms with Crippen LogP contribution in [0.25, 0.3) is 11.3 Å². The summed E-state index contributed by atoms with van der Waals surface area (Å²) in [7, 11) is 0. The molecule has 2 aliphatic rings. The summed E-state index contributed by atoms with van der Waals surface area (Å²) in [4.78, 5) is 40.1. The molecule has 2 aliphatic heterocycles. The molecule has 5 N–H and O–H groups in total. The number of nitrogens with two attached hydrogens (primary N) is 1. The Hall–Kier alpha value is -4.06. The van der Waals surface area contributed by atoms with Crippen LogP contribution in [0.4, 0.5) is 23.0 Å². The van der Waals surface area contributed by atoms with Gasteiger partial charge in [0.05, 0.1) is 18.3 Å². The van der Waals surface area contributed by atoms with Crippen LogP contribution in [0.1, 0.15) is 6.92 Å². The molecule has 1 aromatic heterocycles. The van der Waals surface area contributed by atoms with E-state index in [4.69, 9.17) is 5.73 Å². The number of piperazine rings is 2. The van der Waals surface area contributed by atoms with E-state index in [1.807, 2.05) is 47.4 Å². The summed E-state index contributed by atoms with van der Waals surface area (Å²) in [6.07, 6.45) is 1.72. The Balaban J connectivity index is 1.13. The van der Waals surface area contributed by atoms with Gasteiger partial charge in [-0.15, -0.1) is 0 Å². The first-order valence-corrected chi connectivity index (χ1v) is 13.8. The Morgan fingerprint density at radius 3 is 2.27 bits per heavy atom. The van der Waals surface area contributed by atoms with E-state index in [9.17, 15) is 9.59 Å². The van der Waals surface area contributed by atoms with Crippen LogP contribution in [-0.2, 0) is 9.59 Å². The van der Waals surface area contributed by atoms with Crippen molar-refractivity contribution in [3.63, 3.8) is 0 Å². The van der Waals surface area contributed by atoms with Gasteiger partial charge in [0.25, 0.3) is 0 Å². The number of aromatic nitrogens is 2. The summed E-state index contributed by atoms with van der Waals surface area (Å²) in [5.74, 6) is 0.495. The van der Waals surface area contributed by atoms with Crippen molar-refractivity contribution in [1.29, 1.82) is 0 Å². The van der Waals surface area contributed by atoms with Gasteiger partial charge in [0.1, 0.15) is 0 Å². The number of nitrogens with zero attached hydrogens (tertiary/aromatic N) is 5. The molecule has 11 heteroatoms. The van der Waals surface area contributed by atoms with Crippen LogP contribution in [0.2, 0.25) is 0 Å². The van der Waals surface area contributed by atoms with Crippen molar-refractivity contribution in [2.45, 2.75) is 13.0 Å². The first-order valence-electron chi connectivity index (χ1n) is 13.8. The predicted octanol–water partition coefficient (Wildman–Crippen LogP) is 1.73. The zero-order chi connectivity index (χ0) is 27.9. The molecule has 0 aliphatic carbocycles. The van der Waals surface area contributed by atoms with Crippen molar-refractivity contribution in [3.05, 3.63) is 60.8 Å². The lowest BCUT2D eigenvalue weighted by atomic mass is 10.1. The minimum absolute atomic E-state index is 0.229. The average Bonchev–Trinajstić information content (AvgIpc) is 2.98. The molecule has 2 fully saturated rings. The molecule has 0 bridgehead atoms. The third-order valence-electron chi connectivity index (χ3n) is 7.21. The monoisotopic (exact) mass is 543 g/mol. The maximum atomic E-state index is 12.7. The number of rotatable bonds is 8. The molecule has 3 heterocycles. The van der Waals surface area contributed by atoms with Crippen molar-refractivity contribution in [2.24, 2.45) is 5.73 Å². The maximum Gasteiger partial charge on any atom is 0.240 e. The van der Waals surface area contributed by atoms with Gasteiger partial charge >= 0.3 is 0 Å². The standard InChI is InChI=1S/C29H37N9O2/c1-21(30)28(40)33-23-4-2-22(3-5-23)26-10-11-32-29(35-26)34-24-6-8-25(9-7-24)37-16-18-38(19-17-37)27(39)20-36-14-12-31-13-15-36/h2-11,21,31H,12-20,30H2,1H3,(H,33,40)(H,32,34,35)/t21-/m1/s1. The minimum atomic E-state index is -0.572. The molecule has 1 atom stereocenters. The second kappa shape index (κ2) is 12.9. The SMILES string of the molecule is C[C@@H](N)C(=O)Nc1ccc(-c2ccnc(Nc3ccc(N4CCN(C(=O)CN5CCNCC5)CC4)cc3)n2)cc1. The van der Waals surface area contributed by atoms with Crippen molar-refractivity contribution in [2.75, 3.05) is 74.4 Å². The second-order valence-corrected chi connectivity index (χ2v) is 10.2.